The van der Waals surface area contributed by atoms with Crippen LogP contribution >= 0.6 is 0 Å². The molecule has 1 aliphatic rings. The summed E-state index contributed by atoms with van der Waals surface area (Å²) < 4.78 is 32.7. The number of benzene rings is 2. The molecule has 1 aliphatic heterocycles. The summed E-state index contributed by atoms with van der Waals surface area (Å²) in [6.07, 6.45) is 2.43. The summed E-state index contributed by atoms with van der Waals surface area (Å²) in [7, 11) is -1.96. The lowest BCUT2D eigenvalue weighted by Crippen LogP contribution is -2.28. The predicted molar refractivity (Wildman–Crippen MR) is 122 cm³/mol. The van der Waals surface area contributed by atoms with E-state index in [1.165, 1.54) is 9.87 Å². The van der Waals surface area contributed by atoms with Crippen molar-refractivity contribution in [3.8, 4) is 5.75 Å². The van der Waals surface area contributed by atoms with Gasteiger partial charge in [-0.3, -0.25) is 4.79 Å². The molecule has 1 N–H and O–H groups in total. The second kappa shape index (κ2) is 9.83. The highest BCUT2D eigenvalue weighted by Crippen LogP contribution is 2.27. The van der Waals surface area contributed by atoms with Gasteiger partial charge in [-0.05, 0) is 74.9 Å². The molecule has 2 aromatic rings. The van der Waals surface area contributed by atoms with Crippen molar-refractivity contribution in [3.05, 3.63) is 58.7 Å². The maximum atomic E-state index is 12.9. The molecule has 7 heteroatoms. The lowest BCUT2D eigenvalue weighted by Gasteiger charge is -2.18. The number of sulfonamides is 1. The first-order valence-corrected chi connectivity index (χ1v) is 12.2. The summed E-state index contributed by atoms with van der Waals surface area (Å²) in [6.45, 7) is 7.18. The second-order valence-electron chi connectivity index (χ2n) is 8.23. The van der Waals surface area contributed by atoms with Crippen LogP contribution in [0.1, 0.15) is 54.5 Å². The molecule has 1 fully saturated rings. The predicted octanol–water partition coefficient (Wildman–Crippen LogP) is 3.91. The number of amides is 1. The summed E-state index contributed by atoms with van der Waals surface area (Å²) in [5.74, 6) is 0.512. The molecule has 0 aliphatic carbocycles. The zero-order valence-corrected chi connectivity index (χ0v) is 19.6. The number of rotatable bonds is 8. The summed E-state index contributed by atoms with van der Waals surface area (Å²) in [6, 6.07) is 11.0. The van der Waals surface area contributed by atoms with Gasteiger partial charge in [-0.25, -0.2) is 8.42 Å². The van der Waals surface area contributed by atoms with Crippen LogP contribution in [0, 0.1) is 13.8 Å². The van der Waals surface area contributed by atoms with Crippen molar-refractivity contribution in [1.82, 2.24) is 9.62 Å². The summed E-state index contributed by atoms with van der Waals surface area (Å²) in [4.78, 5) is 12.8. The summed E-state index contributed by atoms with van der Waals surface area (Å²) in [5, 5.41) is 3.05. The molecule has 31 heavy (non-hydrogen) atoms. The van der Waals surface area contributed by atoms with Crippen LogP contribution in [0.2, 0.25) is 0 Å². The molecule has 1 atom stereocenters. The van der Waals surface area contributed by atoms with Crippen LogP contribution in [0.3, 0.4) is 0 Å². The molecule has 0 saturated carbocycles. The Balaban J connectivity index is 1.69. The Hall–Kier alpha value is -2.38. The van der Waals surface area contributed by atoms with Crippen molar-refractivity contribution in [3.63, 3.8) is 0 Å². The molecule has 0 spiro atoms. The van der Waals surface area contributed by atoms with E-state index in [9.17, 15) is 13.2 Å². The van der Waals surface area contributed by atoms with Crippen LogP contribution in [0.5, 0.6) is 5.75 Å². The average molecular weight is 445 g/mol. The van der Waals surface area contributed by atoms with Crippen LogP contribution in [0.4, 0.5) is 0 Å². The zero-order valence-electron chi connectivity index (χ0n) is 18.8. The molecular weight excluding hydrogens is 412 g/mol. The van der Waals surface area contributed by atoms with Gasteiger partial charge in [-0.1, -0.05) is 23.8 Å². The van der Waals surface area contributed by atoms with Crippen molar-refractivity contribution in [2.24, 2.45) is 0 Å². The topological polar surface area (TPSA) is 75.7 Å². The van der Waals surface area contributed by atoms with E-state index in [1.807, 2.05) is 32.9 Å². The summed E-state index contributed by atoms with van der Waals surface area (Å²) in [5.41, 5.74) is 4.15. The van der Waals surface area contributed by atoms with E-state index >= 15 is 0 Å². The van der Waals surface area contributed by atoms with Gasteiger partial charge in [-0.15, -0.1) is 0 Å². The van der Waals surface area contributed by atoms with Crippen molar-refractivity contribution in [2.45, 2.75) is 57.4 Å². The van der Waals surface area contributed by atoms with Crippen LogP contribution in [-0.4, -0.2) is 38.8 Å². The average Bonchev–Trinajstić information content (AvgIpc) is 3.27. The maximum absolute atomic E-state index is 12.9. The molecule has 168 valence electrons. The van der Waals surface area contributed by atoms with Gasteiger partial charge < -0.3 is 10.1 Å². The highest BCUT2D eigenvalue weighted by atomic mass is 32.2. The maximum Gasteiger partial charge on any atom is 0.243 e. The van der Waals surface area contributed by atoms with Gasteiger partial charge in [0.1, 0.15) is 5.75 Å². The van der Waals surface area contributed by atoms with Crippen molar-refractivity contribution in [1.29, 1.82) is 0 Å². The van der Waals surface area contributed by atoms with Crippen molar-refractivity contribution in [2.75, 3.05) is 20.2 Å². The van der Waals surface area contributed by atoms with Gasteiger partial charge in [-0.2, -0.15) is 4.31 Å². The molecule has 2 aromatic carbocycles. The molecule has 6 nitrogen and oxygen atoms in total. The monoisotopic (exact) mass is 444 g/mol. The number of hydrogen-bond acceptors (Lipinski definition) is 4. The molecule has 3 rings (SSSR count). The minimum absolute atomic E-state index is 0.0812. The number of ether oxygens (including phenoxy) is 1. The third kappa shape index (κ3) is 5.46. The van der Waals surface area contributed by atoms with Gasteiger partial charge in [0.15, 0.2) is 0 Å². The second-order valence-corrected chi connectivity index (χ2v) is 10.2. The lowest BCUT2D eigenvalue weighted by atomic mass is 10.00. The smallest absolute Gasteiger partial charge is 0.243 e. The fraction of sp³-hybridized carbons (Fsp3) is 0.458. The van der Waals surface area contributed by atoms with Gasteiger partial charge in [0.2, 0.25) is 15.9 Å². The van der Waals surface area contributed by atoms with E-state index in [-0.39, 0.29) is 23.3 Å². The molecule has 0 unspecified atom stereocenters. The van der Waals surface area contributed by atoms with E-state index in [4.69, 9.17) is 4.74 Å². The number of methoxy groups -OCH3 is 1. The fourth-order valence-corrected chi connectivity index (χ4v) is 5.71. The summed E-state index contributed by atoms with van der Waals surface area (Å²) >= 11 is 0. The Morgan fingerprint density at radius 1 is 1.13 bits per heavy atom. The van der Waals surface area contributed by atoms with Crippen LogP contribution < -0.4 is 10.1 Å². The first-order valence-electron chi connectivity index (χ1n) is 10.8. The quantitative estimate of drug-likeness (QED) is 0.670. The minimum Gasteiger partial charge on any atom is -0.496 e. The van der Waals surface area contributed by atoms with Crippen molar-refractivity contribution < 1.29 is 17.9 Å². The van der Waals surface area contributed by atoms with Crippen LogP contribution in [-0.2, 0) is 21.2 Å². The van der Waals surface area contributed by atoms with E-state index in [0.29, 0.717) is 25.3 Å². The minimum atomic E-state index is -3.51. The standard InChI is InChI=1S/C24H32N2O4S/c1-17-7-10-22(18(2)15-17)19(3)25-24(27)12-8-20-16-21(9-11-23(20)30-4)31(28,29)26-13-5-6-14-26/h7,9-11,15-16,19H,5-6,8,12-14H2,1-4H3,(H,25,27)/t19-/m0/s1. The van der Waals surface area contributed by atoms with Gasteiger partial charge in [0.25, 0.3) is 0 Å². The normalized spacial score (nSPS) is 15.6. The Bertz CT molecular complexity index is 1040. The zero-order chi connectivity index (χ0) is 22.6. The first kappa shape index (κ1) is 23.3. The molecule has 1 heterocycles. The Morgan fingerprint density at radius 3 is 2.48 bits per heavy atom. The number of hydrogen-bond donors (Lipinski definition) is 1. The van der Waals surface area contributed by atoms with E-state index in [2.05, 4.69) is 11.4 Å². The highest BCUT2D eigenvalue weighted by Gasteiger charge is 2.27. The van der Waals surface area contributed by atoms with E-state index in [0.717, 1.165) is 29.5 Å². The largest absolute Gasteiger partial charge is 0.496 e. The third-order valence-corrected chi connectivity index (χ3v) is 7.74. The number of nitrogens with one attached hydrogen (secondary N) is 1. The lowest BCUT2D eigenvalue weighted by molar-refractivity contribution is -0.121. The highest BCUT2D eigenvalue weighted by molar-refractivity contribution is 7.89. The Kier molecular flexibility index (Phi) is 7.38. The molecule has 0 bridgehead atoms. The molecule has 0 aromatic heterocycles. The molecule has 0 radical (unpaired) electrons. The molecule has 1 saturated heterocycles. The van der Waals surface area contributed by atoms with Gasteiger partial charge in [0, 0.05) is 19.5 Å². The Morgan fingerprint density at radius 2 is 1.84 bits per heavy atom. The number of nitrogens with zero attached hydrogens (tertiary/aromatic N) is 1. The van der Waals surface area contributed by atoms with Crippen LogP contribution in [0.15, 0.2) is 41.3 Å². The molecule has 1 amide bonds. The number of carbonyl (C=O) groups excluding carboxylic acids is 1. The van der Waals surface area contributed by atoms with Gasteiger partial charge >= 0.3 is 0 Å². The van der Waals surface area contributed by atoms with Crippen molar-refractivity contribution >= 4 is 15.9 Å². The van der Waals surface area contributed by atoms with E-state index in [1.54, 1.807) is 25.3 Å². The first-order chi connectivity index (χ1) is 14.7. The molecular formula is C24H32N2O4S. The third-order valence-electron chi connectivity index (χ3n) is 5.85. The number of carbonyl (C=O) groups is 1. The Labute approximate surface area is 185 Å². The fourth-order valence-electron chi connectivity index (χ4n) is 4.14. The van der Waals surface area contributed by atoms with Crippen LogP contribution in [0.25, 0.3) is 0 Å². The SMILES string of the molecule is COc1ccc(S(=O)(=O)N2CCCC2)cc1CCC(=O)N[C@@H](C)c1ccc(C)cc1C. The van der Waals surface area contributed by atoms with E-state index < -0.39 is 10.0 Å². The number of aryl methyl sites for hydroxylation is 3. The van der Waals surface area contributed by atoms with Gasteiger partial charge in [0.05, 0.1) is 18.0 Å².